The smallest absolute Gasteiger partial charge is 0.325 e. The van der Waals surface area contributed by atoms with Gasteiger partial charge in [-0.3, -0.25) is 14.5 Å². The summed E-state index contributed by atoms with van der Waals surface area (Å²) in [7, 11) is 0. The van der Waals surface area contributed by atoms with E-state index in [2.05, 4.69) is 5.32 Å². The second-order valence-corrected chi connectivity index (χ2v) is 8.19. The molecule has 0 aliphatic carbocycles. The van der Waals surface area contributed by atoms with Gasteiger partial charge in [0.1, 0.15) is 5.54 Å². The van der Waals surface area contributed by atoms with Gasteiger partial charge >= 0.3 is 6.03 Å². The first-order valence-corrected chi connectivity index (χ1v) is 10.5. The standard InChI is InChI=1S/C24H24N4O3/c1-24(20-10-8-17(15-25)9-11-20)22(30)28(23(31)26-24)16-18-6-5-7-19(14-18)21(29)27-12-3-2-4-13-27/h5-11,14H,2-4,12-13,16H2,1H3,(H,26,31). The molecule has 0 saturated carbocycles. The summed E-state index contributed by atoms with van der Waals surface area (Å²) in [4.78, 5) is 41.6. The normalized spacial score (nSPS) is 21.0. The van der Waals surface area contributed by atoms with Crippen LogP contribution in [0.4, 0.5) is 4.79 Å². The maximum Gasteiger partial charge on any atom is 0.325 e. The van der Waals surface area contributed by atoms with Crippen LogP contribution < -0.4 is 5.32 Å². The van der Waals surface area contributed by atoms with Gasteiger partial charge in [-0.1, -0.05) is 24.3 Å². The van der Waals surface area contributed by atoms with Crippen LogP contribution in [0.5, 0.6) is 0 Å². The van der Waals surface area contributed by atoms with Gasteiger partial charge in [-0.25, -0.2) is 4.79 Å². The number of likely N-dealkylation sites (tertiary alicyclic amines) is 1. The van der Waals surface area contributed by atoms with Gasteiger partial charge in [0.2, 0.25) is 0 Å². The minimum atomic E-state index is -1.20. The van der Waals surface area contributed by atoms with Crippen molar-refractivity contribution in [1.82, 2.24) is 15.1 Å². The molecule has 2 aliphatic heterocycles. The summed E-state index contributed by atoms with van der Waals surface area (Å²) in [5.74, 6) is -0.379. The minimum Gasteiger partial charge on any atom is -0.339 e. The molecular weight excluding hydrogens is 392 g/mol. The molecule has 31 heavy (non-hydrogen) atoms. The van der Waals surface area contributed by atoms with E-state index in [1.54, 1.807) is 49.4 Å². The van der Waals surface area contributed by atoms with Gasteiger partial charge in [-0.2, -0.15) is 5.26 Å². The van der Waals surface area contributed by atoms with Gasteiger partial charge in [0, 0.05) is 18.7 Å². The lowest BCUT2D eigenvalue weighted by Crippen LogP contribution is -2.40. The summed E-state index contributed by atoms with van der Waals surface area (Å²) in [5, 5.41) is 11.8. The van der Waals surface area contributed by atoms with Crippen LogP contribution in [0, 0.1) is 11.3 Å². The molecule has 0 aromatic heterocycles. The van der Waals surface area contributed by atoms with Crippen molar-refractivity contribution in [3.8, 4) is 6.07 Å². The van der Waals surface area contributed by atoms with Crippen LogP contribution in [0.1, 0.15) is 53.2 Å². The van der Waals surface area contributed by atoms with E-state index in [4.69, 9.17) is 5.26 Å². The van der Waals surface area contributed by atoms with Crippen molar-refractivity contribution in [3.05, 3.63) is 70.8 Å². The number of nitrogens with one attached hydrogen (secondary N) is 1. The molecule has 0 bridgehead atoms. The van der Waals surface area contributed by atoms with E-state index in [0.717, 1.165) is 37.9 Å². The largest absolute Gasteiger partial charge is 0.339 e. The molecule has 4 rings (SSSR count). The number of urea groups is 1. The molecular formula is C24H24N4O3. The van der Waals surface area contributed by atoms with Crippen molar-refractivity contribution in [2.45, 2.75) is 38.3 Å². The van der Waals surface area contributed by atoms with Crippen molar-refractivity contribution in [2.24, 2.45) is 0 Å². The van der Waals surface area contributed by atoms with Gasteiger partial charge in [0.05, 0.1) is 18.2 Å². The molecule has 2 fully saturated rings. The molecule has 7 nitrogen and oxygen atoms in total. The zero-order valence-corrected chi connectivity index (χ0v) is 17.4. The van der Waals surface area contributed by atoms with E-state index >= 15 is 0 Å². The summed E-state index contributed by atoms with van der Waals surface area (Å²) in [6.07, 6.45) is 3.18. The lowest BCUT2D eigenvalue weighted by molar-refractivity contribution is -0.131. The predicted molar refractivity (Wildman–Crippen MR) is 114 cm³/mol. The Morgan fingerprint density at radius 2 is 1.81 bits per heavy atom. The first-order chi connectivity index (χ1) is 14.9. The zero-order chi connectivity index (χ0) is 22.0. The summed E-state index contributed by atoms with van der Waals surface area (Å²) in [5.41, 5.74) is 1.18. The van der Waals surface area contributed by atoms with Crippen LogP contribution in [0.2, 0.25) is 0 Å². The highest BCUT2D eigenvalue weighted by Crippen LogP contribution is 2.30. The topological polar surface area (TPSA) is 93.5 Å². The van der Waals surface area contributed by atoms with Crippen LogP contribution in [-0.2, 0) is 16.9 Å². The molecule has 0 spiro atoms. The van der Waals surface area contributed by atoms with Crippen molar-refractivity contribution >= 4 is 17.8 Å². The van der Waals surface area contributed by atoms with Crippen LogP contribution in [0.25, 0.3) is 0 Å². The Hall–Kier alpha value is -3.66. The summed E-state index contributed by atoms with van der Waals surface area (Å²) in [6.45, 7) is 3.26. The molecule has 2 aliphatic rings. The molecule has 2 heterocycles. The average Bonchev–Trinajstić information content (AvgIpc) is 3.03. The average molecular weight is 416 g/mol. The molecule has 2 saturated heterocycles. The third-order valence-corrected chi connectivity index (χ3v) is 6.02. The van der Waals surface area contributed by atoms with Crippen molar-refractivity contribution in [2.75, 3.05) is 13.1 Å². The number of hydrogen-bond donors (Lipinski definition) is 1. The van der Waals surface area contributed by atoms with Gasteiger partial charge in [-0.15, -0.1) is 0 Å². The molecule has 158 valence electrons. The first kappa shape index (κ1) is 20.6. The monoisotopic (exact) mass is 416 g/mol. The summed E-state index contributed by atoms with van der Waals surface area (Å²) < 4.78 is 0. The Balaban J connectivity index is 1.53. The third-order valence-electron chi connectivity index (χ3n) is 6.02. The maximum absolute atomic E-state index is 13.2. The molecule has 1 atom stereocenters. The number of nitriles is 1. The highest BCUT2D eigenvalue weighted by molar-refractivity contribution is 6.07. The predicted octanol–water partition coefficient (Wildman–Crippen LogP) is 3.15. The summed E-state index contributed by atoms with van der Waals surface area (Å²) >= 11 is 0. The first-order valence-electron chi connectivity index (χ1n) is 10.5. The molecule has 4 amide bonds. The number of amides is 4. The molecule has 7 heteroatoms. The highest BCUT2D eigenvalue weighted by Gasteiger charge is 2.48. The molecule has 1 unspecified atom stereocenters. The molecule has 0 radical (unpaired) electrons. The van der Waals surface area contributed by atoms with Gasteiger partial charge in [-0.05, 0) is 61.6 Å². The van der Waals surface area contributed by atoms with Gasteiger partial charge < -0.3 is 10.2 Å². The van der Waals surface area contributed by atoms with Crippen molar-refractivity contribution in [1.29, 1.82) is 5.26 Å². The fourth-order valence-electron chi connectivity index (χ4n) is 4.18. The lowest BCUT2D eigenvalue weighted by atomic mass is 9.91. The van der Waals surface area contributed by atoms with Crippen molar-refractivity contribution in [3.63, 3.8) is 0 Å². The Morgan fingerprint density at radius 3 is 2.48 bits per heavy atom. The summed E-state index contributed by atoms with van der Waals surface area (Å²) in [6, 6.07) is 15.3. The van der Waals surface area contributed by atoms with Crippen LogP contribution in [0.3, 0.4) is 0 Å². The number of rotatable bonds is 4. The Bertz CT molecular complexity index is 1070. The van der Waals surface area contributed by atoms with E-state index < -0.39 is 11.6 Å². The van der Waals surface area contributed by atoms with Crippen molar-refractivity contribution < 1.29 is 14.4 Å². The SMILES string of the molecule is CC1(c2ccc(C#N)cc2)NC(=O)N(Cc2cccc(C(=O)N3CCCCC3)c2)C1=O. The van der Waals surface area contributed by atoms with E-state index in [1.807, 2.05) is 17.0 Å². The second kappa shape index (κ2) is 8.23. The second-order valence-electron chi connectivity index (χ2n) is 8.19. The quantitative estimate of drug-likeness (QED) is 0.775. The van der Waals surface area contributed by atoms with E-state index in [0.29, 0.717) is 16.7 Å². The Kier molecular flexibility index (Phi) is 5.47. The van der Waals surface area contributed by atoms with Crippen LogP contribution in [-0.4, -0.2) is 40.7 Å². The molecule has 2 aromatic carbocycles. The molecule has 1 N–H and O–H groups in total. The van der Waals surface area contributed by atoms with E-state index in [9.17, 15) is 14.4 Å². The molecule has 2 aromatic rings. The number of carbonyl (C=O) groups excluding carboxylic acids is 3. The maximum atomic E-state index is 13.2. The van der Waals surface area contributed by atoms with E-state index in [1.165, 1.54) is 4.90 Å². The third kappa shape index (κ3) is 3.89. The number of piperidine rings is 1. The Labute approximate surface area is 181 Å². The van der Waals surface area contributed by atoms with E-state index in [-0.39, 0.29) is 18.4 Å². The van der Waals surface area contributed by atoms with Crippen LogP contribution >= 0.6 is 0 Å². The minimum absolute atomic E-state index is 0.0128. The number of benzene rings is 2. The number of carbonyl (C=O) groups is 3. The van der Waals surface area contributed by atoms with Crippen LogP contribution in [0.15, 0.2) is 48.5 Å². The lowest BCUT2D eigenvalue weighted by Gasteiger charge is -2.27. The Morgan fingerprint density at radius 1 is 1.10 bits per heavy atom. The highest BCUT2D eigenvalue weighted by atomic mass is 16.2. The van der Waals surface area contributed by atoms with Gasteiger partial charge in [0.25, 0.3) is 11.8 Å². The fraction of sp³-hybridized carbons (Fsp3) is 0.333. The zero-order valence-electron chi connectivity index (χ0n) is 17.4. The number of hydrogen-bond acceptors (Lipinski definition) is 4. The number of imide groups is 1. The fourth-order valence-corrected chi connectivity index (χ4v) is 4.18. The number of nitrogens with zero attached hydrogens (tertiary/aromatic N) is 3. The van der Waals surface area contributed by atoms with Gasteiger partial charge in [0.15, 0.2) is 0 Å².